The lowest BCUT2D eigenvalue weighted by molar-refractivity contribution is -0.104. The zero-order valence-electron chi connectivity index (χ0n) is 12.0. The van der Waals surface area contributed by atoms with Crippen molar-refractivity contribution in [3.8, 4) is 0 Å². The summed E-state index contributed by atoms with van der Waals surface area (Å²) in [5.74, 6) is 6.29. The summed E-state index contributed by atoms with van der Waals surface area (Å²) >= 11 is 0. The summed E-state index contributed by atoms with van der Waals surface area (Å²) < 4.78 is 17.1. The molecule has 1 spiro atoms. The van der Waals surface area contributed by atoms with Crippen LogP contribution in [0.1, 0.15) is 39.0 Å². The first-order valence-corrected chi connectivity index (χ1v) is 7.55. The summed E-state index contributed by atoms with van der Waals surface area (Å²) in [4.78, 5) is 0. The predicted molar refractivity (Wildman–Crippen MR) is 73.7 cm³/mol. The highest BCUT2D eigenvalue weighted by Crippen LogP contribution is 2.37. The Labute approximate surface area is 116 Å². The van der Waals surface area contributed by atoms with Gasteiger partial charge in [-0.25, -0.2) is 0 Å². The van der Waals surface area contributed by atoms with Gasteiger partial charge in [0, 0.05) is 38.9 Å². The van der Waals surface area contributed by atoms with Crippen molar-refractivity contribution in [3.05, 3.63) is 0 Å². The fraction of sp³-hybridized carbons (Fsp3) is 1.00. The smallest absolute Gasteiger partial charge is 0.0939 e. The average Bonchev–Trinajstić information content (AvgIpc) is 2.87. The van der Waals surface area contributed by atoms with Crippen LogP contribution < -0.4 is 11.3 Å². The summed E-state index contributed by atoms with van der Waals surface area (Å²) in [5, 5.41) is 0. The van der Waals surface area contributed by atoms with E-state index >= 15 is 0 Å². The van der Waals surface area contributed by atoms with Crippen molar-refractivity contribution < 1.29 is 14.2 Å². The summed E-state index contributed by atoms with van der Waals surface area (Å²) in [6.07, 6.45) is 5.18. The number of hydrogen-bond donors (Lipinski definition) is 2. The van der Waals surface area contributed by atoms with Crippen LogP contribution in [-0.2, 0) is 14.2 Å². The zero-order chi connectivity index (χ0) is 13.6. The van der Waals surface area contributed by atoms with Gasteiger partial charge in [0.15, 0.2) is 0 Å². The lowest BCUT2D eigenvalue weighted by atomic mass is 9.80. The molecule has 0 aliphatic carbocycles. The van der Waals surface area contributed by atoms with Crippen LogP contribution in [0.2, 0.25) is 0 Å². The third-order valence-corrected chi connectivity index (χ3v) is 4.30. The number of ether oxygens (including phenoxy) is 3. The normalized spacial score (nSPS) is 32.8. The molecule has 0 bridgehead atoms. The molecule has 2 aliphatic rings. The van der Waals surface area contributed by atoms with E-state index in [0.717, 1.165) is 65.1 Å². The van der Waals surface area contributed by atoms with E-state index in [9.17, 15) is 0 Å². The molecule has 112 valence electrons. The molecule has 3 atom stereocenters. The second kappa shape index (κ2) is 7.55. The van der Waals surface area contributed by atoms with E-state index in [1.54, 1.807) is 0 Å². The van der Waals surface area contributed by atoms with Crippen molar-refractivity contribution in [2.24, 2.45) is 11.8 Å². The van der Waals surface area contributed by atoms with Crippen LogP contribution in [0.15, 0.2) is 0 Å². The fourth-order valence-corrected chi connectivity index (χ4v) is 3.18. The van der Waals surface area contributed by atoms with E-state index in [2.05, 4.69) is 12.3 Å². The molecule has 0 aromatic carbocycles. The van der Waals surface area contributed by atoms with Crippen molar-refractivity contribution in [1.82, 2.24) is 5.43 Å². The van der Waals surface area contributed by atoms with Crippen LogP contribution >= 0.6 is 0 Å². The minimum absolute atomic E-state index is 0.0394. The molecule has 2 heterocycles. The van der Waals surface area contributed by atoms with Crippen LogP contribution in [0.25, 0.3) is 0 Å². The second-order valence-corrected chi connectivity index (χ2v) is 5.76. The van der Waals surface area contributed by atoms with Gasteiger partial charge in [-0.05, 0) is 31.6 Å². The Morgan fingerprint density at radius 3 is 3.00 bits per heavy atom. The highest BCUT2D eigenvalue weighted by atomic mass is 16.6. The molecular weight excluding hydrogens is 244 g/mol. The van der Waals surface area contributed by atoms with E-state index in [1.807, 2.05) is 0 Å². The van der Waals surface area contributed by atoms with E-state index in [1.165, 1.54) is 0 Å². The SMILES string of the molecule is CCCOCCC(NN)C1CCOC2(CCOC2)C1. The summed E-state index contributed by atoms with van der Waals surface area (Å²) in [6, 6.07) is 0.318. The molecule has 0 saturated carbocycles. The molecule has 19 heavy (non-hydrogen) atoms. The molecule has 2 fully saturated rings. The maximum Gasteiger partial charge on any atom is 0.0939 e. The molecule has 5 nitrogen and oxygen atoms in total. The Morgan fingerprint density at radius 2 is 2.32 bits per heavy atom. The van der Waals surface area contributed by atoms with Crippen molar-refractivity contribution in [2.75, 3.05) is 33.0 Å². The second-order valence-electron chi connectivity index (χ2n) is 5.76. The number of nitrogens with two attached hydrogens (primary N) is 1. The van der Waals surface area contributed by atoms with Gasteiger partial charge in [-0.3, -0.25) is 11.3 Å². The average molecular weight is 272 g/mol. The minimum Gasteiger partial charge on any atom is -0.381 e. The summed E-state index contributed by atoms with van der Waals surface area (Å²) in [6.45, 7) is 6.13. The standard InChI is InChI=1S/C14H28N2O3/c1-2-6-17-7-4-13(16-15)12-3-8-19-14(10-12)5-9-18-11-14/h12-13,16H,2-11,15H2,1H3. The molecule has 3 N–H and O–H groups in total. The first kappa shape index (κ1) is 15.2. The van der Waals surface area contributed by atoms with Crippen LogP contribution in [-0.4, -0.2) is 44.7 Å². The van der Waals surface area contributed by atoms with Gasteiger partial charge in [0.1, 0.15) is 0 Å². The molecule has 0 radical (unpaired) electrons. The largest absolute Gasteiger partial charge is 0.381 e. The van der Waals surface area contributed by atoms with E-state index in [-0.39, 0.29) is 5.60 Å². The molecule has 2 rings (SSSR count). The fourth-order valence-electron chi connectivity index (χ4n) is 3.18. The van der Waals surface area contributed by atoms with E-state index in [0.29, 0.717) is 12.0 Å². The Morgan fingerprint density at radius 1 is 1.42 bits per heavy atom. The Hall–Kier alpha value is -0.200. The maximum absolute atomic E-state index is 5.97. The Bertz CT molecular complexity index is 257. The van der Waals surface area contributed by atoms with Crippen LogP contribution in [0.4, 0.5) is 0 Å². The van der Waals surface area contributed by atoms with Crippen LogP contribution in [0.3, 0.4) is 0 Å². The molecule has 0 aromatic rings. The van der Waals surface area contributed by atoms with Gasteiger partial charge in [-0.1, -0.05) is 6.92 Å². The van der Waals surface area contributed by atoms with Gasteiger partial charge >= 0.3 is 0 Å². The van der Waals surface area contributed by atoms with Gasteiger partial charge in [-0.15, -0.1) is 0 Å². The maximum atomic E-state index is 5.97. The third kappa shape index (κ3) is 4.13. The Balaban J connectivity index is 1.80. The number of hydrazine groups is 1. The van der Waals surface area contributed by atoms with Crippen molar-refractivity contribution in [1.29, 1.82) is 0 Å². The Kier molecular flexibility index (Phi) is 6.04. The molecule has 2 aliphatic heterocycles. The molecule has 2 saturated heterocycles. The van der Waals surface area contributed by atoms with Gasteiger partial charge in [0.05, 0.1) is 12.2 Å². The quantitative estimate of drug-likeness (QED) is 0.414. The van der Waals surface area contributed by atoms with Gasteiger partial charge in [-0.2, -0.15) is 0 Å². The molecule has 0 aromatic heterocycles. The van der Waals surface area contributed by atoms with Gasteiger partial charge in [0.2, 0.25) is 0 Å². The molecule has 0 amide bonds. The zero-order valence-corrected chi connectivity index (χ0v) is 12.0. The topological polar surface area (TPSA) is 65.7 Å². The molecular formula is C14H28N2O3. The van der Waals surface area contributed by atoms with E-state index in [4.69, 9.17) is 20.1 Å². The number of nitrogens with one attached hydrogen (secondary N) is 1. The first-order chi connectivity index (χ1) is 9.29. The van der Waals surface area contributed by atoms with Gasteiger partial charge in [0.25, 0.3) is 0 Å². The highest BCUT2D eigenvalue weighted by Gasteiger charge is 2.42. The number of hydrogen-bond acceptors (Lipinski definition) is 5. The van der Waals surface area contributed by atoms with E-state index < -0.39 is 0 Å². The minimum atomic E-state index is -0.0394. The molecule has 3 unspecified atom stereocenters. The third-order valence-electron chi connectivity index (χ3n) is 4.30. The predicted octanol–water partition coefficient (Wildman–Crippen LogP) is 1.22. The summed E-state index contributed by atoms with van der Waals surface area (Å²) in [5.41, 5.74) is 2.94. The highest BCUT2D eigenvalue weighted by molar-refractivity contribution is 4.93. The first-order valence-electron chi connectivity index (χ1n) is 7.55. The van der Waals surface area contributed by atoms with Crippen LogP contribution in [0.5, 0.6) is 0 Å². The monoisotopic (exact) mass is 272 g/mol. The van der Waals surface area contributed by atoms with Gasteiger partial charge < -0.3 is 14.2 Å². The number of rotatable bonds is 7. The molecule has 5 heteroatoms. The van der Waals surface area contributed by atoms with Crippen LogP contribution in [0, 0.1) is 5.92 Å². The van der Waals surface area contributed by atoms with Crippen molar-refractivity contribution in [3.63, 3.8) is 0 Å². The van der Waals surface area contributed by atoms with Crippen molar-refractivity contribution in [2.45, 2.75) is 50.7 Å². The lowest BCUT2D eigenvalue weighted by Crippen LogP contribution is -2.49. The van der Waals surface area contributed by atoms with Crippen molar-refractivity contribution >= 4 is 0 Å². The lowest BCUT2D eigenvalue weighted by Gasteiger charge is -2.40. The summed E-state index contributed by atoms with van der Waals surface area (Å²) in [7, 11) is 0.